The second-order valence-electron chi connectivity index (χ2n) is 10.2. The molecule has 5 rings (SSSR count). The number of hydrogen-bond acceptors (Lipinski definition) is 4. The van der Waals surface area contributed by atoms with Crippen molar-refractivity contribution < 1.29 is 22.4 Å². The average Bonchev–Trinajstić information content (AvgIpc) is 3.48. The molecule has 10 heteroatoms. The summed E-state index contributed by atoms with van der Waals surface area (Å²) in [6.07, 6.45) is 5.60. The first-order valence-electron chi connectivity index (χ1n) is 11.7. The van der Waals surface area contributed by atoms with E-state index in [1.54, 1.807) is 10.6 Å². The molecule has 0 radical (unpaired) electrons. The summed E-state index contributed by atoms with van der Waals surface area (Å²) in [7, 11) is 0. The molecule has 0 saturated heterocycles. The van der Waals surface area contributed by atoms with Crippen molar-refractivity contribution in [3.8, 4) is 0 Å². The van der Waals surface area contributed by atoms with Gasteiger partial charge in [-0.15, -0.1) is 0 Å². The Balaban J connectivity index is 1.27. The summed E-state index contributed by atoms with van der Waals surface area (Å²) in [5.74, 6) is -5.07. The van der Waals surface area contributed by atoms with E-state index in [2.05, 4.69) is 15.3 Å². The van der Waals surface area contributed by atoms with Crippen LogP contribution in [-0.4, -0.2) is 32.1 Å². The van der Waals surface area contributed by atoms with Gasteiger partial charge in [0.2, 0.25) is 23.5 Å². The van der Waals surface area contributed by atoms with Gasteiger partial charge in [0.15, 0.2) is 0 Å². The van der Waals surface area contributed by atoms with Crippen molar-refractivity contribution in [3.63, 3.8) is 0 Å². The highest BCUT2D eigenvalue weighted by molar-refractivity contribution is 5.77. The third-order valence-electron chi connectivity index (χ3n) is 7.35. The van der Waals surface area contributed by atoms with Gasteiger partial charge >= 0.3 is 0 Å². The normalized spacial score (nSPS) is 24.9. The number of nitrogens with two attached hydrogens (primary N) is 1. The fourth-order valence-electron chi connectivity index (χ4n) is 5.19. The fraction of sp³-hybridized carbons (Fsp3) is 0.696. The number of aromatic nitrogens is 3. The summed E-state index contributed by atoms with van der Waals surface area (Å²) < 4.78 is 54.9. The van der Waals surface area contributed by atoms with E-state index in [0.717, 1.165) is 12.8 Å². The van der Waals surface area contributed by atoms with E-state index < -0.39 is 17.9 Å². The van der Waals surface area contributed by atoms with Crippen molar-refractivity contribution >= 4 is 11.7 Å². The van der Waals surface area contributed by atoms with E-state index in [9.17, 15) is 22.4 Å². The smallest absolute Gasteiger partial charge is 0.248 e. The Labute approximate surface area is 189 Å². The maximum atomic E-state index is 13.5. The summed E-state index contributed by atoms with van der Waals surface area (Å²) in [6.45, 7) is 0. The highest BCUT2D eigenvalue weighted by atomic mass is 19.3. The number of hydrogen-bond donors (Lipinski definition) is 2. The van der Waals surface area contributed by atoms with Gasteiger partial charge in [0.1, 0.15) is 0 Å². The molecule has 0 bridgehead atoms. The molecule has 6 nitrogen and oxygen atoms in total. The highest BCUT2D eigenvalue weighted by Gasteiger charge is 2.46. The van der Waals surface area contributed by atoms with Gasteiger partial charge in [0.05, 0.1) is 23.5 Å². The molecule has 3 aliphatic carbocycles. The molecular weight excluding hydrogens is 438 g/mol. The molecule has 2 heterocycles. The monoisotopic (exact) mass is 467 g/mol. The van der Waals surface area contributed by atoms with Crippen LogP contribution in [0.25, 0.3) is 5.78 Å². The van der Waals surface area contributed by atoms with E-state index >= 15 is 0 Å². The van der Waals surface area contributed by atoms with Crippen LogP contribution in [0.3, 0.4) is 0 Å². The minimum absolute atomic E-state index is 0.0496. The van der Waals surface area contributed by atoms with Crippen molar-refractivity contribution in [3.05, 3.63) is 29.8 Å². The van der Waals surface area contributed by atoms with Gasteiger partial charge in [0.25, 0.3) is 0 Å². The number of fused-ring (bicyclic) bond motifs is 1. The molecule has 2 aromatic heterocycles. The lowest BCUT2D eigenvalue weighted by Crippen LogP contribution is -2.39. The van der Waals surface area contributed by atoms with E-state index in [1.165, 1.54) is 0 Å². The molecule has 1 amide bonds. The maximum absolute atomic E-state index is 13.5. The Morgan fingerprint density at radius 2 is 1.73 bits per heavy atom. The number of nitrogens with zero attached hydrogens (tertiary/aromatic N) is 3. The Bertz CT molecular complexity index is 1020. The number of amides is 1. The molecule has 3 saturated carbocycles. The first kappa shape index (κ1) is 22.6. The van der Waals surface area contributed by atoms with Gasteiger partial charge in [-0.1, -0.05) is 0 Å². The third kappa shape index (κ3) is 5.00. The second kappa shape index (κ2) is 8.21. The number of carbonyl (C=O) groups is 1. The largest absolute Gasteiger partial charge is 0.347 e. The summed E-state index contributed by atoms with van der Waals surface area (Å²) in [5, 5.41) is 3.00. The lowest BCUT2D eigenvalue weighted by molar-refractivity contribution is -0.134. The number of rotatable bonds is 7. The molecule has 2 unspecified atom stereocenters. The van der Waals surface area contributed by atoms with Crippen molar-refractivity contribution in [2.24, 2.45) is 23.5 Å². The zero-order valence-electron chi connectivity index (χ0n) is 18.3. The Morgan fingerprint density at radius 1 is 1.06 bits per heavy atom. The van der Waals surface area contributed by atoms with Crippen LogP contribution in [0.15, 0.2) is 18.5 Å². The first-order chi connectivity index (χ1) is 15.6. The lowest BCUT2D eigenvalue weighted by Gasteiger charge is -2.34. The van der Waals surface area contributed by atoms with Crippen LogP contribution in [-0.2, 0) is 4.79 Å². The van der Waals surface area contributed by atoms with Crippen LogP contribution in [0.4, 0.5) is 17.6 Å². The molecule has 2 atom stereocenters. The number of alkyl halides is 4. The van der Waals surface area contributed by atoms with Crippen molar-refractivity contribution in [1.29, 1.82) is 0 Å². The molecular formula is C23H29F4N5O. The van der Waals surface area contributed by atoms with Crippen molar-refractivity contribution in [2.45, 2.75) is 81.7 Å². The van der Waals surface area contributed by atoms with Gasteiger partial charge in [-0.25, -0.2) is 27.5 Å². The molecule has 3 fully saturated rings. The predicted molar refractivity (Wildman–Crippen MR) is 113 cm³/mol. The van der Waals surface area contributed by atoms with Gasteiger partial charge in [-0.05, 0) is 49.5 Å². The average molecular weight is 468 g/mol. The van der Waals surface area contributed by atoms with Crippen LogP contribution in [0, 0.1) is 17.8 Å². The Kier molecular flexibility index (Phi) is 5.61. The molecule has 3 N–H and O–H groups in total. The topological polar surface area (TPSA) is 85.3 Å². The highest BCUT2D eigenvalue weighted by Crippen LogP contribution is 2.45. The minimum Gasteiger partial charge on any atom is -0.347 e. The summed E-state index contributed by atoms with van der Waals surface area (Å²) in [5.41, 5.74) is 7.67. The van der Waals surface area contributed by atoms with Crippen molar-refractivity contribution in [1.82, 2.24) is 19.7 Å². The molecule has 0 spiro atoms. The van der Waals surface area contributed by atoms with Gasteiger partial charge in [-0.2, -0.15) is 0 Å². The van der Waals surface area contributed by atoms with E-state index in [-0.39, 0.29) is 61.8 Å². The fourth-order valence-corrected chi connectivity index (χ4v) is 5.19. The molecule has 0 aromatic carbocycles. The van der Waals surface area contributed by atoms with Crippen LogP contribution >= 0.6 is 0 Å². The van der Waals surface area contributed by atoms with Crippen LogP contribution in [0.1, 0.15) is 81.3 Å². The predicted octanol–water partition coefficient (Wildman–Crippen LogP) is 4.56. The van der Waals surface area contributed by atoms with Gasteiger partial charge in [-0.3, -0.25) is 9.20 Å². The quantitative estimate of drug-likeness (QED) is 0.585. The lowest BCUT2D eigenvalue weighted by atomic mass is 9.79. The van der Waals surface area contributed by atoms with Crippen LogP contribution in [0.5, 0.6) is 0 Å². The molecule has 3 aliphatic rings. The van der Waals surface area contributed by atoms with E-state index in [0.29, 0.717) is 30.0 Å². The molecule has 0 aliphatic heterocycles. The maximum Gasteiger partial charge on any atom is 0.248 e. The first-order valence-corrected chi connectivity index (χ1v) is 11.7. The molecule has 33 heavy (non-hydrogen) atoms. The van der Waals surface area contributed by atoms with Crippen LogP contribution in [0.2, 0.25) is 0 Å². The Morgan fingerprint density at radius 3 is 2.36 bits per heavy atom. The Hall–Kier alpha value is -2.23. The zero-order chi connectivity index (χ0) is 23.4. The molecule has 2 aromatic rings. The number of imidazole rings is 1. The third-order valence-corrected chi connectivity index (χ3v) is 7.35. The summed E-state index contributed by atoms with van der Waals surface area (Å²) in [6, 6.07) is 1.11. The zero-order valence-corrected chi connectivity index (χ0v) is 18.3. The van der Waals surface area contributed by atoms with Crippen LogP contribution < -0.4 is 11.1 Å². The number of nitrogens with one attached hydrogen (secondary N) is 1. The van der Waals surface area contributed by atoms with Crippen molar-refractivity contribution in [2.75, 3.05) is 0 Å². The van der Waals surface area contributed by atoms with Gasteiger partial charge < -0.3 is 11.1 Å². The minimum atomic E-state index is -2.63. The summed E-state index contributed by atoms with van der Waals surface area (Å²) >= 11 is 0. The standard InChI is InChI=1S/C23H29F4N5O/c24-22(25)6-3-14(4-7-22)19(28)17-12-32-8-5-16(29-21(32)30-17)20(15-1-2-15)31-18(33)9-13-10-23(26,27)11-13/h5,8,12-15,19-20H,1-4,6-7,9-11,28H2,(H,31,33). The second-order valence-corrected chi connectivity index (χ2v) is 10.2. The summed E-state index contributed by atoms with van der Waals surface area (Å²) in [4.78, 5) is 21.7. The number of carbonyl (C=O) groups excluding carboxylic acids is 1. The number of halogens is 4. The van der Waals surface area contributed by atoms with E-state index in [4.69, 9.17) is 5.73 Å². The van der Waals surface area contributed by atoms with E-state index in [1.807, 2.05) is 12.3 Å². The van der Waals surface area contributed by atoms with Gasteiger partial charge in [0, 0.05) is 44.5 Å². The SMILES string of the molecule is NC(c1cn2ccc(C(NC(=O)CC3CC(F)(F)C3)C3CC3)nc2n1)C1CCC(F)(F)CC1. The molecule has 180 valence electrons.